The number of hydrogen-bond acceptors (Lipinski definition) is 10. The Morgan fingerprint density at radius 3 is 2.16 bits per heavy atom. The first-order chi connectivity index (χ1) is 22.0. The van der Waals surface area contributed by atoms with E-state index in [0.717, 1.165) is 44.6 Å². The van der Waals surface area contributed by atoms with Crippen LogP contribution in [0.3, 0.4) is 0 Å². The highest BCUT2D eigenvalue weighted by Crippen LogP contribution is 2.31. The smallest absolute Gasteiger partial charge is 0.323 e. The SMILES string of the molecule is C[C@H]1COCCN1c1nc(-c2ccc(NC(=O)Nc3ccc(C(=O)N4CCNCC4)cc3)cc2)nc(N2CC3CCC(C2)O3)n1. The number of fused-ring (bicyclic) bond motifs is 2. The third-order valence-electron chi connectivity index (χ3n) is 8.76. The summed E-state index contributed by atoms with van der Waals surface area (Å²) in [6.07, 6.45) is 2.56. The van der Waals surface area contributed by atoms with Crippen LogP contribution < -0.4 is 25.8 Å². The average Bonchev–Trinajstić information content (AvgIpc) is 3.42. The van der Waals surface area contributed by atoms with Gasteiger partial charge in [-0.05, 0) is 68.3 Å². The molecule has 0 spiro atoms. The minimum absolute atomic E-state index is 0.00141. The molecule has 13 heteroatoms. The zero-order valence-corrected chi connectivity index (χ0v) is 25.4. The van der Waals surface area contributed by atoms with E-state index in [-0.39, 0.29) is 30.2 Å². The predicted octanol–water partition coefficient (Wildman–Crippen LogP) is 2.82. The lowest BCUT2D eigenvalue weighted by Gasteiger charge is -2.35. The minimum Gasteiger partial charge on any atom is -0.377 e. The molecule has 3 N–H and O–H groups in total. The number of carbonyl (C=O) groups is 2. The van der Waals surface area contributed by atoms with Crippen LogP contribution in [-0.4, -0.2) is 109 Å². The summed E-state index contributed by atoms with van der Waals surface area (Å²) in [6.45, 7) is 8.60. The predicted molar refractivity (Wildman–Crippen MR) is 171 cm³/mol. The van der Waals surface area contributed by atoms with Gasteiger partial charge in [0.1, 0.15) is 0 Å². The number of hydrogen-bond donors (Lipinski definition) is 3. The van der Waals surface area contributed by atoms with E-state index in [4.69, 9.17) is 24.4 Å². The molecule has 1 aromatic heterocycles. The molecule has 45 heavy (non-hydrogen) atoms. The van der Waals surface area contributed by atoms with Gasteiger partial charge in [0.25, 0.3) is 5.91 Å². The molecule has 3 amide bonds. The fourth-order valence-corrected chi connectivity index (χ4v) is 6.30. The standard InChI is InChI=1S/C32H39N9O4/c1-21-20-44-17-16-41(21)31-37-28(36-30(38-31)40-18-26-10-11-27(19-40)45-26)22-2-6-24(7-3-22)34-32(43)35-25-8-4-23(5-9-25)29(42)39-14-12-33-13-15-39/h2-9,21,26-27,33H,10-20H2,1H3,(H2,34,35,43)/t21-,26?,27?/m0/s1. The van der Waals surface area contributed by atoms with Crippen LogP contribution in [-0.2, 0) is 9.47 Å². The molecular formula is C32H39N9O4. The van der Waals surface area contributed by atoms with Gasteiger partial charge in [0.15, 0.2) is 5.82 Å². The number of anilines is 4. The first kappa shape index (κ1) is 29.4. The van der Waals surface area contributed by atoms with Crippen LogP contribution in [0.25, 0.3) is 11.4 Å². The van der Waals surface area contributed by atoms with Gasteiger partial charge in [0, 0.05) is 68.3 Å². The maximum Gasteiger partial charge on any atom is 0.323 e. The quantitative estimate of drug-likeness (QED) is 0.381. The molecule has 2 bridgehead atoms. The molecule has 2 aromatic carbocycles. The Morgan fingerprint density at radius 1 is 0.844 bits per heavy atom. The van der Waals surface area contributed by atoms with E-state index in [9.17, 15) is 9.59 Å². The summed E-state index contributed by atoms with van der Waals surface area (Å²) in [4.78, 5) is 46.4. The Bertz CT molecular complexity index is 1500. The molecule has 3 aromatic rings. The number of rotatable bonds is 6. The molecule has 2 unspecified atom stereocenters. The number of amides is 3. The summed E-state index contributed by atoms with van der Waals surface area (Å²) in [5.74, 6) is 1.89. The Balaban J connectivity index is 1.03. The van der Waals surface area contributed by atoms with Gasteiger partial charge in [-0.1, -0.05) is 0 Å². The zero-order valence-electron chi connectivity index (χ0n) is 25.4. The van der Waals surface area contributed by atoms with E-state index >= 15 is 0 Å². The number of piperazine rings is 1. The lowest BCUT2D eigenvalue weighted by Crippen LogP contribution is -2.46. The van der Waals surface area contributed by atoms with Crippen molar-refractivity contribution in [3.63, 3.8) is 0 Å². The van der Waals surface area contributed by atoms with E-state index in [2.05, 4.69) is 32.7 Å². The fraction of sp³-hybridized carbons (Fsp3) is 0.469. The van der Waals surface area contributed by atoms with Gasteiger partial charge in [-0.15, -0.1) is 0 Å². The number of benzene rings is 2. The van der Waals surface area contributed by atoms with Gasteiger partial charge in [-0.2, -0.15) is 15.0 Å². The fourth-order valence-electron chi connectivity index (χ4n) is 6.30. The number of urea groups is 1. The van der Waals surface area contributed by atoms with Crippen molar-refractivity contribution in [1.82, 2.24) is 25.2 Å². The number of aromatic nitrogens is 3. The summed E-state index contributed by atoms with van der Waals surface area (Å²) in [7, 11) is 0. The molecule has 4 aliphatic rings. The Kier molecular flexibility index (Phi) is 8.46. The van der Waals surface area contributed by atoms with Gasteiger partial charge in [0.2, 0.25) is 11.9 Å². The molecule has 4 fully saturated rings. The minimum atomic E-state index is -0.378. The third-order valence-corrected chi connectivity index (χ3v) is 8.76. The summed E-state index contributed by atoms with van der Waals surface area (Å²) >= 11 is 0. The van der Waals surface area contributed by atoms with Crippen LogP contribution in [0.15, 0.2) is 48.5 Å². The van der Waals surface area contributed by atoms with E-state index in [1.54, 1.807) is 24.3 Å². The molecule has 0 aliphatic carbocycles. The van der Waals surface area contributed by atoms with Crippen LogP contribution in [0.4, 0.5) is 28.1 Å². The lowest BCUT2D eigenvalue weighted by molar-refractivity contribution is 0.0299. The largest absolute Gasteiger partial charge is 0.377 e. The van der Waals surface area contributed by atoms with Gasteiger partial charge < -0.3 is 40.1 Å². The third kappa shape index (κ3) is 6.70. The van der Waals surface area contributed by atoms with Crippen molar-refractivity contribution in [2.75, 3.05) is 79.5 Å². The van der Waals surface area contributed by atoms with Crippen molar-refractivity contribution in [2.45, 2.75) is 38.0 Å². The maximum atomic E-state index is 12.8. The molecule has 7 rings (SSSR count). The monoisotopic (exact) mass is 613 g/mol. The van der Waals surface area contributed by atoms with Crippen LogP contribution in [0.5, 0.6) is 0 Å². The van der Waals surface area contributed by atoms with E-state index in [1.165, 1.54) is 0 Å². The van der Waals surface area contributed by atoms with E-state index in [1.807, 2.05) is 29.2 Å². The van der Waals surface area contributed by atoms with Crippen molar-refractivity contribution >= 4 is 35.2 Å². The summed E-state index contributed by atoms with van der Waals surface area (Å²) < 4.78 is 11.7. The first-order valence-electron chi connectivity index (χ1n) is 15.8. The molecule has 5 heterocycles. The second kappa shape index (κ2) is 13.0. The van der Waals surface area contributed by atoms with Gasteiger partial charge in [-0.3, -0.25) is 4.79 Å². The van der Waals surface area contributed by atoms with Crippen molar-refractivity contribution in [3.05, 3.63) is 54.1 Å². The van der Waals surface area contributed by atoms with E-state index < -0.39 is 0 Å². The normalized spacial score (nSPS) is 23.1. The average molecular weight is 614 g/mol. The summed E-state index contributed by atoms with van der Waals surface area (Å²) in [5.41, 5.74) is 2.66. The molecule has 3 atom stereocenters. The lowest BCUT2D eigenvalue weighted by atomic mass is 10.1. The molecule has 4 saturated heterocycles. The second-order valence-electron chi connectivity index (χ2n) is 12.0. The topological polar surface area (TPSA) is 137 Å². The highest BCUT2D eigenvalue weighted by atomic mass is 16.5. The van der Waals surface area contributed by atoms with Crippen LogP contribution in [0, 0.1) is 0 Å². The maximum absolute atomic E-state index is 12.8. The molecule has 13 nitrogen and oxygen atoms in total. The first-order valence-corrected chi connectivity index (χ1v) is 15.8. The Labute approximate surface area is 262 Å². The van der Waals surface area contributed by atoms with Gasteiger partial charge in [0.05, 0.1) is 31.5 Å². The molecule has 236 valence electrons. The number of carbonyl (C=O) groups excluding carboxylic acids is 2. The number of nitrogens with one attached hydrogen (secondary N) is 3. The highest BCUT2D eigenvalue weighted by molar-refractivity contribution is 6.00. The number of ether oxygens (including phenoxy) is 2. The Morgan fingerprint density at radius 2 is 1.49 bits per heavy atom. The molecule has 0 radical (unpaired) electrons. The second-order valence-corrected chi connectivity index (χ2v) is 12.0. The number of nitrogens with zero attached hydrogens (tertiary/aromatic N) is 6. The molecule has 4 aliphatic heterocycles. The number of morpholine rings is 2. The van der Waals surface area contributed by atoms with Crippen molar-refractivity contribution in [1.29, 1.82) is 0 Å². The van der Waals surface area contributed by atoms with Crippen molar-refractivity contribution < 1.29 is 19.1 Å². The Hall–Kier alpha value is -4.33. The summed E-state index contributed by atoms with van der Waals surface area (Å²) in [6, 6.07) is 14.2. The zero-order chi connectivity index (χ0) is 30.8. The van der Waals surface area contributed by atoms with Crippen molar-refractivity contribution in [3.8, 4) is 11.4 Å². The molecule has 0 saturated carbocycles. The van der Waals surface area contributed by atoms with Crippen LogP contribution in [0.2, 0.25) is 0 Å². The van der Waals surface area contributed by atoms with Gasteiger partial charge >= 0.3 is 6.03 Å². The van der Waals surface area contributed by atoms with Crippen LogP contribution >= 0.6 is 0 Å². The highest BCUT2D eigenvalue weighted by Gasteiger charge is 2.35. The summed E-state index contributed by atoms with van der Waals surface area (Å²) in [5, 5.41) is 8.96. The van der Waals surface area contributed by atoms with E-state index in [0.29, 0.717) is 67.5 Å². The van der Waals surface area contributed by atoms with Crippen molar-refractivity contribution in [2.24, 2.45) is 0 Å². The molecular weight excluding hydrogens is 574 g/mol. The van der Waals surface area contributed by atoms with Gasteiger partial charge in [-0.25, -0.2) is 4.79 Å². The van der Waals surface area contributed by atoms with Crippen LogP contribution in [0.1, 0.15) is 30.1 Å².